The van der Waals surface area contributed by atoms with Gasteiger partial charge in [-0.15, -0.1) is 0 Å². The molecule has 0 radical (unpaired) electrons. The minimum Gasteiger partial charge on any atom is -0.466 e. The molecule has 4 aromatic rings. The largest absolute Gasteiger partial charge is 0.466 e. The second-order valence-corrected chi connectivity index (χ2v) is 7.22. The highest BCUT2D eigenvalue weighted by molar-refractivity contribution is 6.04. The Labute approximate surface area is 170 Å². The van der Waals surface area contributed by atoms with Crippen LogP contribution in [-0.4, -0.2) is 45.9 Å². The first-order chi connectivity index (χ1) is 14.5. The Kier molecular flexibility index (Phi) is 4.34. The number of carbonyl (C=O) groups excluding carboxylic acids is 1. The third-order valence-corrected chi connectivity index (χ3v) is 5.29. The fourth-order valence-corrected chi connectivity index (χ4v) is 3.67. The van der Waals surface area contributed by atoms with Crippen molar-refractivity contribution in [1.29, 1.82) is 0 Å². The second kappa shape index (κ2) is 7.05. The lowest BCUT2D eigenvalue weighted by atomic mass is 10.0. The topological polar surface area (TPSA) is 68.5 Å². The van der Waals surface area contributed by atoms with Gasteiger partial charge < -0.3 is 14.1 Å². The number of halogens is 2. The minimum absolute atomic E-state index is 0.0783. The van der Waals surface area contributed by atoms with E-state index in [0.29, 0.717) is 22.2 Å². The fourth-order valence-electron chi connectivity index (χ4n) is 3.67. The molecule has 0 aliphatic carbocycles. The number of alkyl halides is 2. The van der Waals surface area contributed by atoms with Gasteiger partial charge in [0.15, 0.2) is 18.1 Å². The molecule has 1 amide bonds. The highest BCUT2D eigenvalue weighted by atomic mass is 19.3. The Balaban J connectivity index is 1.40. The van der Waals surface area contributed by atoms with Crippen LogP contribution < -0.4 is 4.74 Å². The van der Waals surface area contributed by atoms with Crippen molar-refractivity contribution in [2.75, 3.05) is 13.1 Å². The summed E-state index contributed by atoms with van der Waals surface area (Å²) >= 11 is 0. The molecule has 5 rings (SSSR count). The molecule has 1 fully saturated rings. The van der Waals surface area contributed by atoms with Gasteiger partial charge >= 0.3 is 0 Å². The number of para-hydroxylation sites is 2. The molecule has 6 nitrogen and oxygen atoms in total. The van der Waals surface area contributed by atoms with E-state index in [1.54, 1.807) is 36.4 Å². The third kappa shape index (κ3) is 3.24. The summed E-state index contributed by atoms with van der Waals surface area (Å²) in [6.07, 6.45) is -0.741. The van der Waals surface area contributed by atoms with Crippen LogP contribution in [0.1, 0.15) is 16.8 Å². The smallest absolute Gasteiger partial charge is 0.287 e. The summed E-state index contributed by atoms with van der Waals surface area (Å²) in [6.45, 7) is -0.334. The summed E-state index contributed by atoms with van der Waals surface area (Å²) in [5.74, 6) is -3.36. The molecule has 1 aliphatic heterocycles. The van der Waals surface area contributed by atoms with Crippen LogP contribution >= 0.6 is 0 Å². The molecule has 8 heteroatoms. The number of rotatable bonds is 3. The normalized spacial score (nSPS) is 18.6. The number of benzene rings is 2. The van der Waals surface area contributed by atoms with Gasteiger partial charge in [-0.3, -0.25) is 4.79 Å². The van der Waals surface area contributed by atoms with Gasteiger partial charge in [0.1, 0.15) is 5.52 Å². The number of pyridine rings is 1. The van der Waals surface area contributed by atoms with Crippen molar-refractivity contribution in [2.45, 2.75) is 18.4 Å². The zero-order chi connectivity index (χ0) is 20.7. The number of hydrogen-bond acceptors (Lipinski definition) is 5. The quantitative estimate of drug-likeness (QED) is 0.505. The zero-order valence-corrected chi connectivity index (χ0v) is 15.8. The zero-order valence-electron chi connectivity index (χ0n) is 15.8. The van der Waals surface area contributed by atoms with Crippen LogP contribution in [0, 0.1) is 0 Å². The molecular formula is C22H17F2N3O3. The van der Waals surface area contributed by atoms with Crippen LogP contribution in [0.2, 0.25) is 0 Å². The maximum absolute atomic E-state index is 14.6. The second-order valence-electron chi connectivity index (χ2n) is 7.22. The van der Waals surface area contributed by atoms with E-state index in [2.05, 4.69) is 9.97 Å². The molecule has 2 aromatic heterocycles. The average molecular weight is 409 g/mol. The average Bonchev–Trinajstić information content (AvgIpc) is 3.23. The molecule has 1 atom stereocenters. The number of likely N-dealkylation sites (tertiary alicyclic amines) is 1. The van der Waals surface area contributed by atoms with Gasteiger partial charge in [-0.1, -0.05) is 24.3 Å². The number of fused-ring (bicyclic) bond motifs is 2. The van der Waals surface area contributed by atoms with E-state index in [4.69, 9.17) is 9.15 Å². The monoisotopic (exact) mass is 409 g/mol. The molecule has 0 spiro atoms. The van der Waals surface area contributed by atoms with Crippen molar-refractivity contribution < 1.29 is 22.7 Å². The van der Waals surface area contributed by atoms with Crippen LogP contribution in [0.15, 0.2) is 65.4 Å². The molecule has 3 heterocycles. The van der Waals surface area contributed by atoms with Crippen LogP contribution in [0.25, 0.3) is 22.0 Å². The summed E-state index contributed by atoms with van der Waals surface area (Å²) in [5, 5.41) is 0.887. The number of aromatic nitrogens is 2. The summed E-state index contributed by atoms with van der Waals surface area (Å²) in [6, 6.07) is 15.7. The Morgan fingerprint density at radius 1 is 1.13 bits per heavy atom. The predicted molar refractivity (Wildman–Crippen MR) is 106 cm³/mol. The van der Waals surface area contributed by atoms with Crippen molar-refractivity contribution in [2.24, 2.45) is 0 Å². The Bertz CT molecular complexity index is 1240. The van der Waals surface area contributed by atoms with E-state index in [1.165, 1.54) is 11.3 Å². The van der Waals surface area contributed by atoms with Crippen molar-refractivity contribution in [1.82, 2.24) is 14.9 Å². The predicted octanol–water partition coefficient (Wildman–Crippen LogP) is 4.30. The third-order valence-electron chi connectivity index (χ3n) is 5.29. The Hall–Kier alpha value is -3.55. The fraction of sp³-hybridized carbons (Fsp3) is 0.227. The van der Waals surface area contributed by atoms with Crippen molar-refractivity contribution in [3.8, 4) is 5.88 Å². The van der Waals surface area contributed by atoms with Crippen LogP contribution in [0.5, 0.6) is 5.88 Å². The molecule has 0 unspecified atom stereocenters. The Morgan fingerprint density at radius 2 is 2.00 bits per heavy atom. The number of hydrogen-bond donors (Lipinski definition) is 0. The van der Waals surface area contributed by atoms with Crippen molar-refractivity contribution >= 4 is 27.9 Å². The summed E-state index contributed by atoms with van der Waals surface area (Å²) in [5.41, 5.74) is 1.85. The maximum atomic E-state index is 14.6. The molecule has 30 heavy (non-hydrogen) atoms. The lowest BCUT2D eigenvalue weighted by molar-refractivity contribution is -0.131. The van der Waals surface area contributed by atoms with E-state index in [9.17, 15) is 13.6 Å². The van der Waals surface area contributed by atoms with Gasteiger partial charge in [-0.2, -0.15) is 0 Å². The first kappa shape index (κ1) is 18.5. The van der Waals surface area contributed by atoms with E-state index < -0.39 is 18.4 Å². The molecule has 1 aliphatic rings. The standard InChI is InChI=1S/C22H17F2N3O3/c23-22(24)10-11-27(21(28)15-5-3-7-17-20(15)25-13-29-17)12-18(22)30-19-9-8-14-4-1-2-6-16(14)26-19/h1-9,13,18H,10-12H2/t18-/m0/s1. The number of ether oxygens (including phenoxy) is 1. The molecule has 1 saturated heterocycles. The SMILES string of the molecule is O=C(c1cccc2ocnc12)N1CCC(F)(F)[C@@H](Oc2ccc3ccccc3n2)C1. The highest BCUT2D eigenvalue weighted by Crippen LogP contribution is 2.33. The summed E-state index contributed by atoms with van der Waals surface area (Å²) in [4.78, 5) is 22.8. The molecule has 0 saturated carbocycles. The highest BCUT2D eigenvalue weighted by Gasteiger charge is 2.47. The lowest BCUT2D eigenvalue weighted by Crippen LogP contribution is -2.55. The summed E-state index contributed by atoms with van der Waals surface area (Å²) in [7, 11) is 0. The van der Waals surface area contributed by atoms with Crippen LogP contribution in [-0.2, 0) is 0 Å². The van der Waals surface area contributed by atoms with Gasteiger partial charge in [0.05, 0.1) is 17.6 Å². The number of oxazole rings is 1. The van der Waals surface area contributed by atoms with E-state index >= 15 is 0 Å². The Morgan fingerprint density at radius 3 is 2.90 bits per heavy atom. The minimum atomic E-state index is -3.08. The van der Waals surface area contributed by atoms with Gasteiger partial charge in [-0.25, -0.2) is 18.7 Å². The molecule has 0 N–H and O–H groups in total. The number of carbonyl (C=O) groups is 1. The first-order valence-electron chi connectivity index (χ1n) is 9.53. The van der Waals surface area contributed by atoms with Gasteiger partial charge in [0.25, 0.3) is 11.8 Å². The molecular weight excluding hydrogens is 392 g/mol. The number of piperidine rings is 1. The van der Waals surface area contributed by atoms with Gasteiger partial charge in [0, 0.05) is 24.4 Å². The number of nitrogens with zero attached hydrogens (tertiary/aromatic N) is 3. The summed E-state index contributed by atoms with van der Waals surface area (Å²) < 4.78 is 40.0. The van der Waals surface area contributed by atoms with E-state index in [-0.39, 0.29) is 24.9 Å². The van der Waals surface area contributed by atoms with Crippen LogP contribution in [0.4, 0.5) is 8.78 Å². The maximum Gasteiger partial charge on any atom is 0.287 e. The van der Waals surface area contributed by atoms with Crippen molar-refractivity contribution in [3.63, 3.8) is 0 Å². The van der Waals surface area contributed by atoms with E-state index in [1.807, 2.05) is 18.2 Å². The van der Waals surface area contributed by atoms with Crippen molar-refractivity contribution in [3.05, 3.63) is 66.6 Å². The van der Waals surface area contributed by atoms with E-state index in [0.717, 1.165) is 5.39 Å². The molecule has 2 aromatic carbocycles. The first-order valence-corrected chi connectivity index (χ1v) is 9.53. The molecule has 152 valence electrons. The van der Waals surface area contributed by atoms with Crippen LogP contribution in [0.3, 0.4) is 0 Å². The lowest BCUT2D eigenvalue weighted by Gasteiger charge is -2.38. The van der Waals surface area contributed by atoms with Gasteiger partial charge in [0.2, 0.25) is 5.88 Å². The molecule has 0 bridgehead atoms. The van der Waals surface area contributed by atoms with Gasteiger partial charge in [-0.05, 0) is 24.3 Å². The number of amides is 1.